The minimum absolute atomic E-state index is 0.0108. The van der Waals surface area contributed by atoms with Crippen molar-refractivity contribution in [2.75, 3.05) is 6.61 Å². The zero-order valence-electron chi connectivity index (χ0n) is 10.6. The van der Waals surface area contributed by atoms with Crippen LogP contribution in [0, 0.1) is 17.5 Å². The normalized spacial score (nSPS) is 12.4. The van der Waals surface area contributed by atoms with Gasteiger partial charge in [0.15, 0.2) is 11.6 Å². The van der Waals surface area contributed by atoms with Crippen LogP contribution in [0.3, 0.4) is 0 Å². The molecule has 0 saturated carbocycles. The number of nitrogens with one attached hydrogen (secondary N) is 1. The Morgan fingerprint density at radius 3 is 2.25 bits per heavy atom. The van der Waals surface area contributed by atoms with Crippen molar-refractivity contribution in [3.8, 4) is 0 Å². The van der Waals surface area contributed by atoms with Gasteiger partial charge in [-0.3, -0.25) is 0 Å². The molecule has 0 aromatic heterocycles. The quantitative estimate of drug-likeness (QED) is 0.826. The first-order chi connectivity index (χ1) is 9.61. The van der Waals surface area contributed by atoms with Gasteiger partial charge in [-0.1, -0.05) is 30.3 Å². The average Bonchev–Trinajstić information content (AvgIpc) is 2.46. The van der Waals surface area contributed by atoms with Crippen LogP contribution in [0.5, 0.6) is 0 Å². The van der Waals surface area contributed by atoms with Gasteiger partial charge in [0.05, 0.1) is 12.6 Å². The van der Waals surface area contributed by atoms with Crippen LogP contribution in [0.15, 0.2) is 42.5 Å². The molecule has 0 amide bonds. The molecule has 2 N–H and O–H groups in total. The van der Waals surface area contributed by atoms with E-state index in [2.05, 4.69) is 5.32 Å². The fourth-order valence-electron chi connectivity index (χ4n) is 1.91. The second kappa shape index (κ2) is 6.54. The van der Waals surface area contributed by atoms with Gasteiger partial charge in [-0.25, -0.2) is 13.2 Å². The lowest BCUT2D eigenvalue weighted by Gasteiger charge is -2.17. The number of aliphatic hydroxyl groups is 1. The molecule has 0 fully saturated rings. The fraction of sp³-hybridized carbons (Fsp3) is 0.200. The summed E-state index contributed by atoms with van der Waals surface area (Å²) in [7, 11) is 0. The standard InChI is InChI=1S/C15H14F3NO/c16-12-7-14(18)13(17)6-11(12)8-19-15(9-20)10-4-2-1-3-5-10/h1-7,15,19-20H,8-9H2/t15-/m1/s1. The van der Waals surface area contributed by atoms with Crippen LogP contribution < -0.4 is 5.32 Å². The highest BCUT2D eigenvalue weighted by Gasteiger charge is 2.13. The number of halogens is 3. The van der Waals surface area contributed by atoms with E-state index in [0.29, 0.717) is 6.07 Å². The minimum atomic E-state index is -1.21. The van der Waals surface area contributed by atoms with Gasteiger partial charge in [-0.2, -0.15) is 0 Å². The molecule has 1 atom stereocenters. The highest BCUT2D eigenvalue weighted by atomic mass is 19.2. The van der Waals surface area contributed by atoms with Crippen molar-refractivity contribution in [3.63, 3.8) is 0 Å². The highest BCUT2D eigenvalue weighted by Crippen LogP contribution is 2.16. The Bertz CT molecular complexity index is 575. The lowest BCUT2D eigenvalue weighted by molar-refractivity contribution is 0.243. The van der Waals surface area contributed by atoms with Crippen molar-refractivity contribution in [3.05, 3.63) is 71.0 Å². The van der Waals surface area contributed by atoms with Crippen LogP contribution in [0.25, 0.3) is 0 Å². The molecule has 0 saturated heterocycles. The zero-order valence-corrected chi connectivity index (χ0v) is 10.6. The first-order valence-electron chi connectivity index (χ1n) is 6.14. The van der Waals surface area contributed by atoms with E-state index in [0.717, 1.165) is 11.6 Å². The van der Waals surface area contributed by atoms with Gasteiger partial charge in [-0.05, 0) is 11.6 Å². The molecule has 106 valence electrons. The SMILES string of the molecule is OC[C@@H](NCc1cc(F)c(F)cc1F)c1ccccc1. The van der Waals surface area contributed by atoms with Gasteiger partial charge in [-0.15, -0.1) is 0 Å². The third-order valence-electron chi connectivity index (χ3n) is 3.01. The molecule has 0 spiro atoms. The van der Waals surface area contributed by atoms with Gasteiger partial charge < -0.3 is 10.4 Å². The van der Waals surface area contributed by atoms with Gasteiger partial charge in [0.25, 0.3) is 0 Å². The van der Waals surface area contributed by atoms with Crippen molar-refractivity contribution in [1.82, 2.24) is 5.32 Å². The Kier molecular flexibility index (Phi) is 4.76. The Labute approximate surface area is 114 Å². The molecule has 0 heterocycles. The molecule has 2 aromatic rings. The van der Waals surface area contributed by atoms with Crippen LogP contribution in [0.4, 0.5) is 13.2 Å². The van der Waals surface area contributed by atoms with Gasteiger partial charge in [0.1, 0.15) is 5.82 Å². The van der Waals surface area contributed by atoms with E-state index in [1.54, 1.807) is 0 Å². The number of aliphatic hydroxyl groups excluding tert-OH is 1. The van der Waals surface area contributed by atoms with Gasteiger partial charge in [0.2, 0.25) is 0 Å². The van der Waals surface area contributed by atoms with Crippen LogP contribution >= 0.6 is 0 Å². The van der Waals surface area contributed by atoms with Gasteiger partial charge >= 0.3 is 0 Å². The van der Waals surface area contributed by atoms with E-state index < -0.39 is 23.5 Å². The number of benzene rings is 2. The first kappa shape index (κ1) is 14.6. The molecule has 0 bridgehead atoms. The van der Waals surface area contributed by atoms with Crippen molar-refractivity contribution < 1.29 is 18.3 Å². The summed E-state index contributed by atoms with van der Waals surface area (Å²) in [6.45, 7) is -0.196. The third kappa shape index (κ3) is 3.37. The maximum absolute atomic E-state index is 13.5. The maximum Gasteiger partial charge on any atom is 0.161 e. The van der Waals surface area contributed by atoms with E-state index in [1.807, 2.05) is 30.3 Å². The van der Waals surface area contributed by atoms with E-state index in [-0.39, 0.29) is 18.7 Å². The lowest BCUT2D eigenvalue weighted by atomic mass is 10.1. The van der Waals surface area contributed by atoms with Crippen molar-refractivity contribution in [2.45, 2.75) is 12.6 Å². The Morgan fingerprint density at radius 1 is 0.950 bits per heavy atom. The topological polar surface area (TPSA) is 32.3 Å². The predicted molar refractivity (Wildman–Crippen MR) is 69.4 cm³/mol. The zero-order chi connectivity index (χ0) is 14.5. The lowest BCUT2D eigenvalue weighted by Crippen LogP contribution is -2.24. The molecule has 0 aliphatic rings. The molecule has 20 heavy (non-hydrogen) atoms. The van der Waals surface area contributed by atoms with E-state index in [4.69, 9.17) is 0 Å². The Hall–Kier alpha value is -1.85. The molecule has 2 nitrogen and oxygen atoms in total. The summed E-state index contributed by atoms with van der Waals surface area (Å²) in [5.41, 5.74) is 0.844. The molecule has 2 rings (SSSR count). The largest absolute Gasteiger partial charge is 0.394 e. The Morgan fingerprint density at radius 2 is 1.60 bits per heavy atom. The van der Waals surface area contributed by atoms with Crippen molar-refractivity contribution in [1.29, 1.82) is 0 Å². The van der Waals surface area contributed by atoms with Crippen LogP contribution in [-0.2, 0) is 6.54 Å². The number of hydrogen-bond donors (Lipinski definition) is 2. The molecule has 0 unspecified atom stereocenters. The monoisotopic (exact) mass is 281 g/mol. The molecular weight excluding hydrogens is 267 g/mol. The van der Waals surface area contributed by atoms with Crippen LogP contribution in [-0.4, -0.2) is 11.7 Å². The van der Waals surface area contributed by atoms with E-state index in [9.17, 15) is 18.3 Å². The second-order valence-corrected chi connectivity index (χ2v) is 4.38. The van der Waals surface area contributed by atoms with Crippen LogP contribution in [0.2, 0.25) is 0 Å². The maximum atomic E-state index is 13.5. The molecule has 2 aromatic carbocycles. The summed E-state index contributed by atoms with van der Waals surface area (Å²) >= 11 is 0. The third-order valence-corrected chi connectivity index (χ3v) is 3.01. The summed E-state index contributed by atoms with van der Waals surface area (Å²) in [6.07, 6.45) is 0. The summed E-state index contributed by atoms with van der Waals surface area (Å²) in [4.78, 5) is 0. The summed E-state index contributed by atoms with van der Waals surface area (Å²) in [6, 6.07) is 10.0. The van der Waals surface area contributed by atoms with Crippen molar-refractivity contribution >= 4 is 0 Å². The second-order valence-electron chi connectivity index (χ2n) is 4.38. The Balaban J connectivity index is 2.09. The number of hydrogen-bond acceptors (Lipinski definition) is 2. The van der Waals surface area contributed by atoms with E-state index >= 15 is 0 Å². The predicted octanol–water partition coefficient (Wildman–Crippen LogP) is 2.93. The molecule has 0 aliphatic carbocycles. The fourth-order valence-corrected chi connectivity index (χ4v) is 1.91. The van der Waals surface area contributed by atoms with Gasteiger partial charge in [0, 0.05) is 18.2 Å². The molecule has 0 radical (unpaired) electrons. The molecule has 0 aliphatic heterocycles. The first-order valence-corrected chi connectivity index (χ1v) is 6.14. The molecular formula is C15H14F3NO. The average molecular weight is 281 g/mol. The smallest absolute Gasteiger partial charge is 0.161 e. The summed E-state index contributed by atoms with van der Waals surface area (Å²) < 4.78 is 39.4. The number of rotatable bonds is 5. The van der Waals surface area contributed by atoms with Crippen molar-refractivity contribution in [2.24, 2.45) is 0 Å². The summed E-state index contributed by atoms with van der Waals surface area (Å²) in [5, 5.41) is 12.2. The molecule has 5 heteroatoms. The van der Waals surface area contributed by atoms with Crippen LogP contribution in [0.1, 0.15) is 17.2 Å². The summed E-state index contributed by atoms with van der Waals surface area (Å²) in [5.74, 6) is -3.13. The van der Waals surface area contributed by atoms with E-state index in [1.165, 1.54) is 0 Å². The highest BCUT2D eigenvalue weighted by molar-refractivity contribution is 5.22. The minimum Gasteiger partial charge on any atom is -0.394 e.